The highest BCUT2D eigenvalue weighted by molar-refractivity contribution is 7.92. The van der Waals surface area contributed by atoms with Gasteiger partial charge in [0.05, 0.1) is 25.1 Å². The van der Waals surface area contributed by atoms with Crippen LogP contribution in [0.2, 0.25) is 0 Å². The third-order valence-electron chi connectivity index (χ3n) is 4.81. The lowest BCUT2D eigenvalue weighted by molar-refractivity contribution is 0.0713. The quantitative estimate of drug-likeness (QED) is 0.606. The third-order valence-corrected chi connectivity index (χ3v) is 6.39. The van der Waals surface area contributed by atoms with Gasteiger partial charge in [0, 0.05) is 22.5 Å². The molecule has 0 unspecified atom stereocenters. The van der Waals surface area contributed by atoms with Gasteiger partial charge < -0.3 is 4.74 Å². The van der Waals surface area contributed by atoms with E-state index in [4.69, 9.17) is 4.74 Å². The Bertz CT molecular complexity index is 1240. The van der Waals surface area contributed by atoms with Crippen molar-refractivity contribution in [2.45, 2.75) is 12.5 Å². The van der Waals surface area contributed by atoms with Gasteiger partial charge in [-0.15, -0.1) is 11.3 Å². The first-order valence-corrected chi connectivity index (χ1v) is 12.3. The Morgan fingerprint density at radius 3 is 2.68 bits per heavy atom. The summed E-state index contributed by atoms with van der Waals surface area (Å²) in [6, 6.07) is 17.7. The summed E-state index contributed by atoms with van der Waals surface area (Å²) >= 11 is 1.57. The van der Waals surface area contributed by atoms with Gasteiger partial charge in [0.2, 0.25) is 10.0 Å². The Kier molecular flexibility index (Phi) is 5.79. The highest BCUT2D eigenvalue weighted by atomic mass is 32.2. The molecule has 1 atom stereocenters. The van der Waals surface area contributed by atoms with Gasteiger partial charge in [-0.3, -0.25) is 9.52 Å². The molecule has 0 bridgehead atoms. The van der Waals surface area contributed by atoms with E-state index in [-0.39, 0.29) is 11.9 Å². The molecule has 7 nitrogen and oxygen atoms in total. The van der Waals surface area contributed by atoms with Gasteiger partial charge in [0.1, 0.15) is 5.75 Å². The lowest BCUT2D eigenvalue weighted by Gasteiger charge is -2.20. The number of methoxy groups -OCH3 is 1. The number of hydrogen-bond donors (Lipinski definition) is 1. The fourth-order valence-corrected chi connectivity index (χ4v) is 4.81. The van der Waals surface area contributed by atoms with E-state index in [1.165, 1.54) is 5.01 Å². The topological polar surface area (TPSA) is 88.1 Å². The Morgan fingerprint density at radius 1 is 1.16 bits per heavy atom. The second-order valence-corrected chi connectivity index (χ2v) is 9.85. The lowest BCUT2D eigenvalue weighted by Crippen LogP contribution is -2.26. The summed E-state index contributed by atoms with van der Waals surface area (Å²) in [7, 11) is -1.84. The Labute approximate surface area is 185 Å². The van der Waals surface area contributed by atoms with E-state index in [9.17, 15) is 13.2 Å². The molecule has 1 aromatic heterocycles. The van der Waals surface area contributed by atoms with Crippen molar-refractivity contribution >= 4 is 38.7 Å². The molecule has 0 saturated carbocycles. The number of amides is 1. The number of benzene rings is 2. The number of rotatable bonds is 6. The van der Waals surface area contributed by atoms with Gasteiger partial charge in [-0.2, -0.15) is 5.10 Å². The van der Waals surface area contributed by atoms with Crippen molar-refractivity contribution in [1.29, 1.82) is 0 Å². The molecule has 1 aliphatic heterocycles. The molecular formula is C22H21N3O4S2. The normalized spacial score (nSPS) is 16.1. The average molecular weight is 456 g/mol. The highest BCUT2D eigenvalue weighted by Crippen LogP contribution is 2.36. The van der Waals surface area contributed by atoms with Crippen LogP contribution in [0.4, 0.5) is 5.69 Å². The number of nitrogens with one attached hydrogen (secondary N) is 1. The standard InChI is InChI=1S/C22H21N3O4S2/c1-29-18-9-4-7-16(13-18)22(26)25-20(21-10-5-11-30-21)14-19(23-25)15-6-3-8-17(12-15)24-31(2,27)28/h3-13,20,24H,14H2,1-2H3/t20-/m0/s1. The van der Waals surface area contributed by atoms with Gasteiger partial charge in [-0.25, -0.2) is 13.4 Å². The van der Waals surface area contributed by atoms with Crippen molar-refractivity contribution < 1.29 is 17.9 Å². The van der Waals surface area contributed by atoms with E-state index in [0.29, 0.717) is 29.1 Å². The maximum Gasteiger partial charge on any atom is 0.274 e. The number of ether oxygens (including phenoxy) is 1. The van der Waals surface area contributed by atoms with Crippen molar-refractivity contribution in [3.63, 3.8) is 0 Å². The number of hydrazone groups is 1. The molecule has 3 aromatic rings. The molecular weight excluding hydrogens is 434 g/mol. The maximum absolute atomic E-state index is 13.3. The third kappa shape index (κ3) is 4.78. The van der Waals surface area contributed by atoms with E-state index in [2.05, 4.69) is 9.82 Å². The van der Waals surface area contributed by atoms with Crippen LogP contribution in [0.5, 0.6) is 5.75 Å². The summed E-state index contributed by atoms with van der Waals surface area (Å²) in [5.74, 6) is 0.374. The monoisotopic (exact) mass is 455 g/mol. The van der Waals surface area contributed by atoms with Crippen LogP contribution in [-0.4, -0.2) is 38.4 Å². The fourth-order valence-electron chi connectivity index (χ4n) is 3.44. The van der Waals surface area contributed by atoms with Crippen LogP contribution in [0, 0.1) is 0 Å². The molecule has 1 aliphatic rings. The molecule has 1 amide bonds. The molecule has 160 valence electrons. The Hall–Kier alpha value is -3.17. The minimum atomic E-state index is -3.40. The molecule has 2 heterocycles. The minimum Gasteiger partial charge on any atom is -0.497 e. The number of sulfonamides is 1. The van der Waals surface area contributed by atoms with Crippen molar-refractivity contribution in [3.8, 4) is 5.75 Å². The van der Waals surface area contributed by atoms with E-state index >= 15 is 0 Å². The van der Waals surface area contributed by atoms with Crippen molar-refractivity contribution in [1.82, 2.24) is 5.01 Å². The van der Waals surface area contributed by atoms with Gasteiger partial charge in [-0.1, -0.05) is 24.3 Å². The van der Waals surface area contributed by atoms with Crippen LogP contribution in [-0.2, 0) is 10.0 Å². The van der Waals surface area contributed by atoms with Crippen LogP contribution in [0.25, 0.3) is 0 Å². The number of anilines is 1. The minimum absolute atomic E-state index is 0.224. The SMILES string of the molecule is COc1cccc(C(=O)N2N=C(c3cccc(NS(C)(=O)=O)c3)C[C@H]2c2cccs2)c1. The van der Waals surface area contributed by atoms with E-state index < -0.39 is 10.0 Å². The first-order chi connectivity index (χ1) is 14.8. The molecule has 0 aliphatic carbocycles. The van der Waals surface area contributed by atoms with E-state index in [0.717, 1.165) is 16.7 Å². The number of hydrogen-bond acceptors (Lipinski definition) is 6. The van der Waals surface area contributed by atoms with Crippen LogP contribution >= 0.6 is 11.3 Å². The van der Waals surface area contributed by atoms with Crippen molar-refractivity contribution in [2.75, 3.05) is 18.1 Å². The van der Waals surface area contributed by atoms with Crippen LogP contribution in [0.15, 0.2) is 71.1 Å². The highest BCUT2D eigenvalue weighted by Gasteiger charge is 2.34. The molecule has 0 spiro atoms. The predicted molar refractivity (Wildman–Crippen MR) is 122 cm³/mol. The summed E-state index contributed by atoms with van der Waals surface area (Å²) in [5.41, 5.74) is 2.41. The first kappa shape index (κ1) is 21.1. The second kappa shape index (κ2) is 8.52. The Balaban J connectivity index is 1.70. The van der Waals surface area contributed by atoms with E-state index in [1.807, 2.05) is 23.6 Å². The fraction of sp³-hybridized carbons (Fsp3) is 0.182. The molecule has 31 heavy (non-hydrogen) atoms. The molecule has 0 saturated heterocycles. The van der Waals surface area contributed by atoms with E-state index in [1.54, 1.807) is 60.9 Å². The van der Waals surface area contributed by atoms with Crippen LogP contribution < -0.4 is 9.46 Å². The number of nitrogens with zero attached hydrogens (tertiary/aromatic N) is 2. The van der Waals surface area contributed by atoms with Gasteiger partial charge in [0.25, 0.3) is 5.91 Å². The summed E-state index contributed by atoms with van der Waals surface area (Å²) in [6.45, 7) is 0. The summed E-state index contributed by atoms with van der Waals surface area (Å²) < 4.78 is 30.9. The molecule has 4 rings (SSSR count). The number of carbonyl (C=O) groups excluding carboxylic acids is 1. The zero-order valence-electron chi connectivity index (χ0n) is 17.0. The predicted octanol–water partition coefficient (Wildman–Crippen LogP) is 4.12. The number of thiophene rings is 1. The maximum atomic E-state index is 13.3. The number of carbonyl (C=O) groups is 1. The lowest BCUT2D eigenvalue weighted by atomic mass is 10.0. The summed E-state index contributed by atoms with van der Waals surface area (Å²) in [5, 5.41) is 8.13. The zero-order valence-corrected chi connectivity index (χ0v) is 18.6. The first-order valence-electron chi connectivity index (χ1n) is 9.51. The summed E-state index contributed by atoms with van der Waals surface area (Å²) in [4.78, 5) is 14.4. The van der Waals surface area contributed by atoms with Crippen molar-refractivity contribution in [2.24, 2.45) is 5.10 Å². The zero-order chi connectivity index (χ0) is 22.0. The summed E-state index contributed by atoms with van der Waals surface area (Å²) in [6.07, 6.45) is 1.63. The molecule has 0 radical (unpaired) electrons. The average Bonchev–Trinajstić information content (AvgIpc) is 3.42. The molecule has 1 N–H and O–H groups in total. The second-order valence-electron chi connectivity index (χ2n) is 7.12. The molecule has 0 fully saturated rings. The smallest absolute Gasteiger partial charge is 0.274 e. The van der Waals surface area contributed by atoms with Crippen molar-refractivity contribution in [3.05, 3.63) is 82.0 Å². The van der Waals surface area contributed by atoms with Crippen LogP contribution in [0.3, 0.4) is 0 Å². The van der Waals surface area contributed by atoms with Crippen LogP contribution in [0.1, 0.15) is 33.3 Å². The van der Waals surface area contributed by atoms with Gasteiger partial charge in [-0.05, 0) is 47.3 Å². The van der Waals surface area contributed by atoms with Gasteiger partial charge >= 0.3 is 0 Å². The van der Waals surface area contributed by atoms with Gasteiger partial charge in [0.15, 0.2) is 0 Å². The Morgan fingerprint density at radius 2 is 1.97 bits per heavy atom. The largest absolute Gasteiger partial charge is 0.497 e. The molecule has 9 heteroatoms. The molecule has 2 aromatic carbocycles.